The molecule has 0 amide bonds. The van der Waals surface area contributed by atoms with Crippen LogP contribution < -0.4 is 15.1 Å². The van der Waals surface area contributed by atoms with E-state index in [1.54, 1.807) is 0 Å². The number of hydrogen-bond acceptors (Lipinski definition) is 5. The molecule has 2 aromatic rings. The van der Waals surface area contributed by atoms with Gasteiger partial charge in [0.2, 0.25) is 5.75 Å². The summed E-state index contributed by atoms with van der Waals surface area (Å²) < 4.78 is 16.9. The molecular formula is C16H17N3O4. The summed E-state index contributed by atoms with van der Waals surface area (Å²) in [5.41, 5.74) is 9.62. The number of azide groups is 1. The second-order valence-corrected chi connectivity index (χ2v) is 6.12. The minimum Gasteiger partial charge on any atom is -0.490 e. The smallest absolute Gasteiger partial charge is 0.336 e. The molecule has 0 N–H and O–H groups in total. The van der Waals surface area contributed by atoms with Gasteiger partial charge in [-0.25, -0.2) is 4.79 Å². The van der Waals surface area contributed by atoms with Gasteiger partial charge in [-0.05, 0) is 49.4 Å². The van der Waals surface area contributed by atoms with E-state index in [0.29, 0.717) is 28.0 Å². The average Bonchev–Trinajstić information content (AvgIpc) is 2.50. The van der Waals surface area contributed by atoms with Crippen LogP contribution in [0.5, 0.6) is 11.5 Å². The summed E-state index contributed by atoms with van der Waals surface area (Å²) in [5.74, 6) is 1.02. The monoisotopic (exact) mass is 315 g/mol. The molecule has 0 spiro atoms. The molecule has 1 aromatic carbocycles. The quantitative estimate of drug-likeness (QED) is 0.373. The Balaban J connectivity index is 2.32. The third kappa shape index (κ3) is 2.71. The molecule has 0 aliphatic carbocycles. The van der Waals surface area contributed by atoms with Crippen molar-refractivity contribution in [3.05, 3.63) is 44.1 Å². The van der Waals surface area contributed by atoms with Crippen LogP contribution in [0.2, 0.25) is 0 Å². The highest BCUT2D eigenvalue weighted by Crippen LogP contribution is 2.45. The molecule has 0 saturated carbocycles. The van der Waals surface area contributed by atoms with Crippen LogP contribution in [0.15, 0.2) is 26.5 Å². The van der Waals surface area contributed by atoms with E-state index < -0.39 is 5.63 Å². The van der Waals surface area contributed by atoms with Crippen molar-refractivity contribution in [2.24, 2.45) is 5.11 Å². The van der Waals surface area contributed by atoms with Gasteiger partial charge in [0.15, 0.2) is 11.3 Å². The van der Waals surface area contributed by atoms with Gasteiger partial charge in [0.1, 0.15) is 5.60 Å². The standard InChI is InChI=1S/C16H17N3O4/c1-16(2)5-4-9-6-11-10(8-18-19-17)7-12(20)22-14(11)15(21-3)13(9)23-16/h6-7H,4-5,8H2,1-3H3. The first kappa shape index (κ1) is 15.2. The molecule has 0 saturated heterocycles. The van der Waals surface area contributed by atoms with Crippen LogP contribution in [0.25, 0.3) is 21.4 Å². The fraction of sp³-hybridized carbons (Fsp3) is 0.438. The zero-order valence-corrected chi connectivity index (χ0v) is 13.3. The number of nitrogens with zero attached hydrogens (tertiary/aromatic N) is 3. The summed E-state index contributed by atoms with van der Waals surface area (Å²) in [6.07, 6.45) is 1.70. The fourth-order valence-corrected chi connectivity index (χ4v) is 2.85. The van der Waals surface area contributed by atoms with Crippen molar-refractivity contribution >= 4 is 11.0 Å². The fourth-order valence-electron chi connectivity index (χ4n) is 2.85. The lowest BCUT2D eigenvalue weighted by Gasteiger charge is -2.33. The van der Waals surface area contributed by atoms with Crippen LogP contribution in [0.1, 0.15) is 31.4 Å². The molecule has 1 aliphatic heterocycles. The normalized spacial score (nSPS) is 15.4. The number of hydrogen-bond donors (Lipinski definition) is 0. The van der Waals surface area contributed by atoms with Gasteiger partial charge in [-0.3, -0.25) is 0 Å². The van der Waals surface area contributed by atoms with E-state index in [0.717, 1.165) is 18.4 Å². The SMILES string of the molecule is COc1c2c(cc3c(CN=[N+]=[N-])cc(=O)oc13)CCC(C)(C)O2. The largest absolute Gasteiger partial charge is 0.490 e. The second kappa shape index (κ2) is 5.52. The van der Waals surface area contributed by atoms with E-state index in [4.69, 9.17) is 19.4 Å². The summed E-state index contributed by atoms with van der Waals surface area (Å²) in [5, 5.41) is 4.26. The lowest BCUT2D eigenvalue weighted by atomic mass is 9.92. The van der Waals surface area contributed by atoms with E-state index in [-0.39, 0.29) is 12.1 Å². The molecule has 7 nitrogen and oxygen atoms in total. The Bertz CT molecular complexity index is 879. The second-order valence-electron chi connectivity index (χ2n) is 6.12. The van der Waals surface area contributed by atoms with Gasteiger partial charge in [-0.2, -0.15) is 0 Å². The van der Waals surface area contributed by atoms with Crippen molar-refractivity contribution in [1.29, 1.82) is 0 Å². The maximum absolute atomic E-state index is 11.8. The molecule has 3 rings (SSSR count). The van der Waals surface area contributed by atoms with Crippen molar-refractivity contribution in [3.8, 4) is 11.5 Å². The molecule has 2 heterocycles. The van der Waals surface area contributed by atoms with E-state index in [1.807, 2.05) is 19.9 Å². The number of rotatable bonds is 3. The minimum absolute atomic E-state index is 0.0763. The highest BCUT2D eigenvalue weighted by atomic mass is 16.5. The Hall–Kier alpha value is -2.66. The Labute approximate surface area is 132 Å². The molecule has 1 aliphatic rings. The molecular weight excluding hydrogens is 298 g/mol. The molecule has 0 radical (unpaired) electrons. The Morgan fingerprint density at radius 3 is 2.91 bits per heavy atom. The number of ether oxygens (including phenoxy) is 2. The van der Waals surface area contributed by atoms with Gasteiger partial charge in [-0.1, -0.05) is 5.11 Å². The first-order chi connectivity index (χ1) is 10.9. The molecule has 0 unspecified atom stereocenters. The highest BCUT2D eigenvalue weighted by molar-refractivity contribution is 5.89. The van der Waals surface area contributed by atoms with Gasteiger partial charge in [0.05, 0.1) is 13.7 Å². The highest BCUT2D eigenvalue weighted by Gasteiger charge is 2.31. The predicted octanol–water partition coefficient (Wildman–Crippen LogP) is 3.72. The Kier molecular flexibility index (Phi) is 3.66. The molecule has 0 atom stereocenters. The van der Waals surface area contributed by atoms with Crippen molar-refractivity contribution in [2.75, 3.05) is 7.11 Å². The molecule has 0 bridgehead atoms. The summed E-state index contributed by atoms with van der Waals surface area (Å²) >= 11 is 0. The zero-order valence-electron chi connectivity index (χ0n) is 13.3. The molecule has 120 valence electrons. The van der Waals surface area contributed by atoms with Gasteiger partial charge >= 0.3 is 5.63 Å². The lowest BCUT2D eigenvalue weighted by molar-refractivity contribution is 0.0806. The van der Waals surface area contributed by atoms with Crippen molar-refractivity contribution in [1.82, 2.24) is 0 Å². The van der Waals surface area contributed by atoms with E-state index in [1.165, 1.54) is 13.2 Å². The van der Waals surface area contributed by atoms with Gasteiger partial charge in [0, 0.05) is 16.4 Å². The van der Waals surface area contributed by atoms with Gasteiger partial charge < -0.3 is 13.9 Å². The Morgan fingerprint density at radius 2 is 2.22 bits per heavy atom. The topological polar surface area (TPSA) is 97.4 Å². The molecule has 23 heavy (non-hydrogen) atoms. The summed E-state index contributed by atoms with van der Waals surface area (Å²) in [6, 6.07) is 3.27. The van der Waals surface area contributed by atoms with Crippen LogP contribution in [0, 0.1) is 0 Å². The third-order valence-corrected chi connectivity index (χ3v) is 3.99. The van der Waals surface area contributed by atoms with Gasteiger partial charge in [-0.15, -0.1) is 0 Å². The van der Waals surface area contributed by atoms with Crippen molar-refractivity contribution < 1.29 is 13.9 Å². The number of fused-ring (bicyclic) bond motifs is 2. The number of methoxy groups -OCH3 is 1. The lowest BCUT2D eigenvalue weighted by Crippen LogP contribution is -2.32. The molecule has 7 heteroatoms. The first-order valence-electron chi connectivity index (χ1n) is 7.31. The maximum Gasteiger partial charge on any atom is 0.336 e. The maximum atomic E-state index is 11.8. The van der Waals surface area contributed by atoms with Crippen molar-refractivity contribution in [2.45, 2.75) is 38.8 Å². The average molecular weight is 315 g/mol. The number of aryl methyl sites for hydroxylation is 1. The molecule has 1 aromatic heterocycles. The van der Waals surface area contributed by atoms with Crippen LogP contribution >= 0.6 is 0 Å². The van der Waals surface area contributed by atoms with Crippen LogP contribution in [-0.2, 0) is 13.0 Å². The van der Waals surface area contributed by atoms with E-state index in [9.17, 15) is 4.79 Å². The Morgan fingerprint density at radius 1 is 1.43 bits per heavy atom. The zero-order chi connectivity index (χ0) is 16.6. The molecule has 0 fully saturated rings. The van der Waals surface area contributed by atoms with E-state index >= 15 is 0 Å². The van der Waals surface area contributed by atoms with Crippen LogP contribution in [0.3, 0.4) is 0 Å². The predicted molar refractivity (Wildman–Crippen MR) is 84.9 cm³/mol. The number of benzene rings is 1. The van der Waals surface area contributed by atoms with Crippen LogP contribution in [-0.4, -0.2) is 12.7 Å². The van der Waals surface area contributed by atoms with E-state index in [2.05, 4.69) is 10.0 Å². The first-order valence-corrected chi connectivity index (χ1v) is 7.31. The van der Waals surface area contributed by atoms with Gasteiger partial charge in [0.25, 0.3) is 0 Å². The third-order valence-electron chi connectivity index (χ3n) is 3.99. The summed E-state index contributed by atoms with van der Waals surface area (Å²) in [4.78, 5) is 14.6. The van der Waals surface area contributed by atoms with Crippen molar-refractivity contribution in [3.63, 3.8) is 0 Å². The summed E-state index contributed by atoms with van der Waals surface area (Å²) in [7, 11) is 1.51. The summed E-state index contributed by atoms with van der Waals surface area (Å²) in [6.45, 7) is 4.09. The minimum atomic E-state index is -0.519. The van der Waals surface area contributed by atoms with Crippen LogP contribution in [0.4, 0.5) is 0 Å².